The van der Waals surface area contributed by atoms with E-state index in [4.69, 9.17) is 9.47 Å². The van der Waals surface area contributed by atoms with Crippen LogP contribution in [0.25, 0.3) is 10.8 Å². The Bertz CT molecular complexity index is 1090. The first-order chi connectivity index (χ1) is 13.6. The number of para-hydroxylation sites is 2. The molecular weight excluding hydrogens is 358 g/mol. The molecule has 1 atom stereocenters. The number of benzene rings is 2. The summed E-state index contributed by atoms with van der Waals surface area (Å²) in [5.74, 6) is 1.14. The summed E-state index contributed by atoms with van der Waals surface area (Å²) in [6.07, 6.45) is -0.280. The second-order valence-corrected chi connectivity index (χ2v) is 6.66. The number of aryl methyl sites for hydroxylation is 1. The number of rotatable bonds is 4. The minimum Gasteiger partial charge on any atom is -0.486 e. The Morgan fingerprint density at radius 3 is 2.57 bits per heavy atom. The van der Waals surface area contributed by atoms with Crippen molar-refractivity contribution < 1.29 is 14.3 Å². The first kappa shape index (κ1) is 18.0. The van der Waals surface area contributed by atoms with E-state index in [1.54, 1.807) is 36.2 Å². The lowest BCUT2D eigenvalue weighted by molar-refractivity contribution is 0.0471. The van der Waals surface area contributed by atoms with Gasteiger partial charge in [-0.25, -0.2) is 4.68 Å². The fraction of sp³-hybridized carbons (Fsp3) is 0.286. The summed E-state index contributed by atoms with van der Waals surface area (Å²) in [5.41, 5.74) is 0.0347. The molecule has 0 radical (unpaired) electrons. The molecule has 4 rings (SSSR count). The fourth-order valence-corrected chi connectivity index (χ4v) is 3.36. The molecule has 0 spiro atoms. The molecule has 0 fully saturated rings. The molecule has 0 N–H and O–H groups in total. The summed E-state index contributed by atoms with van der Waals surface area (Å²) in [7, 11) is 1.55. The molecule has 0 unspecified atom stereocenters. The number of carbonyl (C=O) groups is 1. The predicted octanol–water partition coefficient (Wildman–Crippen LogP) is 2.24. The van der Waals surface area contributed by atoms with Gasteiger partial charge in [0.05, 0.1) is 11.9 Å². The highest BCUT2D eigenvalue weighted by Crippen LogP contribution is 2.31. The molecule has 0 bridgehead atoms. The highest BCUT2D eigenvalue weighted by Gasteiger charge is 2.27. The second-order valence-electron chi connectivity index (χ2n) is 6.66. The number of hydrogen-bond acceptors (Lipinski definition) is 5. The summed E-state index contributed by atoms with van der Waals surface area (Å²) < 4.78 is 12.9. The number of amides is 1. The van der Waals surface area contributed by atoms with E-state index in [0.717, 1.165) is 0 Å². The second kappa shape index (κ2) is 7.34. The van der Waals surface area contributed by atoms with Crippen LogP contribution in [0.4, 0.5) is 0 Å². The maximum absolute atomic E-state index is 13.2. The van der Waals surface area contributed by atoms with Gasteiger partial charge in [-0.05, 0) is 25.1 Å². The Kier molecular flexibility index (Phi) is 4.73. The van der Waals surface area contributed by atoms with Gasteiger partial charge in [0, 0.05) is 19.0 Å². The molecule has 28 heavy (non-hydrogen) atoms. The number of likely N-dealkylation sites (N-methyl/N-ethyl adjacent to an activating group) is 1. The van der Waals surface area contributed by atoms with Crippen molar-refractivity contribution in [2.24, 2.45) is 7.05 Å². The lowest BCUT2D eigenvalue weighted by Gasteiger charge is -2.30. The van der Waals surface area contributed by atoms with Crippen molar-refractivity contribution in [1.29, 1.82) is 0 Å². The molecule has 7 nitrogen and oxygen atoms in total. The number of ether oxygens (including phenoxy) is 2. The molecule has 144 valence electrons. The smallest absolute Gasteiger partial charge is 0.275 e. The summed E-state index contributed by atoms with van der Waals surface area (Å²) in [4.78, 5) is 27.2. The van der Waals surface area contributed by atoms with Crippen molar-refractivity contribution in [3.63, 3.8) is 0 Å². The minimum absolute atomic E-state index is 0.226. The maximum Gasteiger partial charge on any atom is 0.275 e. The van der Waals surface area contributed by atoms with Gasteiger partial charge in [-0.3, -0.25) is 9.59 Å². The number of aromatic nitrogens is 2. The van der Waals surface area contributed by atoms with Crippen molar-refractivity contribution >= 4 is 16.7 Å². The van der Waals surface area contributed by atoms with Crippen molar-refractivity contribution in [3.8, 4) is 11.5 Å². The van der Waals surface area contributed by atoms with Crippen LogP contribution in [-0.2, 0) is 7.05 Å². The Hall–Kier alpha value is -3.35. The molecule has 7 heteroatoms. The van der Waals surface area contributed by atoms with E-state index in [9.17, 15) is 9.59 Å². The summed E-state index contributed by atoms with van der Waals surface area (Å²) in [6, 6.07) is 14.5. The van der Waals surface area contributed by atoms with Crippen LogP contribution in [0.5, 0.6) is 11.5 Å². The minimum atomic E-state index is -0.280. The monoisotopic (exact) mass is 379 g/mol. The van der Waals surface area contributed by atoms with Gasteiger partial charge in [0.1, 0.15) is 6.61 Å². The zero-order valence-electron chi connectivity index (χ0n) is 15.8. The van der Waals surface area contributed by atoms with Crippen molar-refractivity contribution in [2.75, 3.05) is 19.7 Å². The van der Waals surface area contributed by atoms with Gasteiger partial charge in [0.25, 0.3) is 11.5 Å². The van der Waals surface area contributed by atoms with Gasteiger partial charge in [0.2, 0.25) is 0 Å². The molecule has 2 heterocycles. The van der Waals surface area contributed by atoms with Gasteiger partial charge < -0.3 is 14.4 Å². The van der Waals surface area contributed by atoms with E-state index in [1.807, 2.05) is 31.2 Å². The average molecular weight is 379 g/mol. The van der Waals surface area contributed by atoms with Crippen LogP contribution in [-0.4, -0.2) is 46.4 Å². The molecular formula is C21H21N3O4. The number of nitrogens with zero attached hydrogens (tertiary/aromatic N) is 3. The third-order valence-corrected chi connectivity index (χ3v) is 4.82. The molecule has 1 aliphatic heterocycles. The number of carbonyl (C=O) groups excluding carboxylic acids is 1. The molecule has 0 saturated heterocycles. The lowest BCUT2D eigenvalue weighted by Crippen LogP contribution is -2.44. The molecule has 0 aliphatic carbocycles. The van der Waals surface area contributed by atoms with Gasteiger partial charge in [-0.15, -0.1) is 0 Å². The summed E-state index contributed by atoms with van der Waals surface area (Å²) >= 11 is 0. The Morgan fingerprint density at radius 1 is 1.14 bits per heavy atom. The Morgan fingerprint density at radius 2 is 1.82 bits per heavy atom. The van der Waals surface area contributed by atoms with Crippen LogP contribution in [0, 0.1) is 0 Å². The number of hydrogen-bond donors (Lipinski definition) is 0. The summed E-state index contributed by atoms with van der Waals surface area (Å²) in [6.45, 7) is 3.11. The van der Waals surface area contributed by atoms with E-state index < -0.39 is 0 Å². The zero-order chi connectivity index (χ0) is 19.7. The quantitative estimate of drug-likeness (QED) is 0.695. The van der Waals surface area contributed by atoms with Crippen LogP contribution in [0.2, 0.25) is 0 Å². The molecule has 2 aromatic carbocycles. The van der Waals surface area contributed by atoms with Crippen LogP contribution < -0.4 is 15.0 Å². The first-order valence-electron chi connectivity index (χ1n) is 9.22. The molecule has 0 saturated carbocycles. The maximum atomic E-state index is 13.2. The molecule has 3 aromatic rings. The normalized spacial score (nSPS) is 15.4. The predicted molar refractivity (Wildman–Crippen MR) is 105 cm³/mol. The Labute approximate surface area is 162 Å². The van der Waals surface area contributed by atoms with E-state index >= 15 is 0 Å². The van der Waals surface area contributed by atoms with Gasteiger partial charge in [-0.1, -0.05) is 30.3 Å². The van der Waals surface area contributed by atoms with E-state index in [-0.39, 0.29) is 23.3 Å². The van der Waals surface area contributed by atoms with Gasteiger partial charge in [0.15, 0.2) is 23.3 Å². The van der Waals surface area contributed by atoms with Crippen LogP contribution in [0.1, 0.15) is 17.4 Å². The van der Waals surface area contributed by atoms with E-state index in [1.165, 1.54) is 4.68 Å². The van der Waals surface area contributed by atoms with E-state index in [2.05, 4.69) is 5.10 Å². The van der Waals surface area contributed by atoms with Crippen LogP contribution >= 0.6 is 0 Å². The van der Waals surface area contributed by atoms with Crippen LogP contribution in [0.15, 0.2) is 53.3 Å². The number of fused-ring (bicyclic) bond motifs is 2. The average Bonchev–Trinajstić information content (AvgIpc) is 2.74. The zero-order valence-corrected chi connectivity index (χ0v) is 15.8. The summed E-state index contributed by atoms with van der Waals surface area (Å²) in [5, 5.41) is 5.27. The van der Waals surface area contributed by atoms with Gasteiger partial charge >= 0.3 is 0 Å². The molecule has 1 aromatic heterocycles. The standard InChI is InChI=1S/C21H21N3O4/c1-3-24(12-14-13-27-17-10-6-7-11-18(17)28-14)21(26)19-15-8-4-5-9-16(15)20(25)23(2)22-19/h4-11,14H,3,12-13H2,1-2H3/t14-/m0/s1. The largest absolute Gasteiger partial charge is 0.486 e. The first-order valence-corrected chi connectivity index (χ1v) is 9.22. The lowest BCUT2D eigenvalue weighted by atomic mass is 10.1. The van der Waals surface area contributed by atoms with Crippen molar-refractivity contribution in [2.45, 2.75) is 13.0 Å². The van der Waals surface area contributed by atoms with Gasteiger partial charge in [-0.2, -0.15) is 5.10 Å². The van der Waals surface area contributed by atoms with Crippen molar-refractivity contribution in [1.82, 2.24) is 14.7 Å². The topological polar surface area (TPSA) is 73.7 Å². The SMILES string of the molecule is CCN(C[C@H]1COc2ccccc2O1)C(=O)c1nn(C)c(=O)c2ccccc12. The Balaban J connectivity index is 1.61. The van der Waals surface area contributed by atoms with Crippen molar-refractivity contribution in [3.05, 3.63) is 64.6 Å². The highest BCUT2D eigenvalue weighted by molar-refractivity contribution is 6.04. The third kappa shape index (κ3) is 3.19. The highest BCUT2D eigenvalue weighted by atomic mass is 16.6. The fourth-order valence-electron chi connectivity index (χ4n) is 3.36. The van der Waals surface area contributed by atoms with E-state index in [0.29, 0.717) is 42.0 Å². The third-order valence-electron chi connectivity index (χ3n) is 4.82. The molecule has 1 aliphatic rings. The molecule has 1 amide bonds. The van der Waals surface area contributed by atoms with Crippen LogP contribution in [0.3, 0.4) is 0 Å².